The van der Waals surface area contributed by atoms with E-state index in [0.29, 0.717) is 55.3 Å². The molecular weight excluding hydrogens is 781 g/mol. The number of nitrogens with zero attached hydrogens (tertiary/aromatic N) is 3. The Morgan fingerprint density at radius 2 is 1.73 bits per heavy atom. The fourth-order valence-electron chi connectivity index (χ4n) is 9.73. The third kappa shape index (κ3) is 8.02. The molecule has 8 rings (SSSR count). The first-order chi connectivity index (χ1) is 28.3. The van der Waals surface area contributed by atoms with Crippen molar-refractivity contribution in [3.05, 3.63) is 41.2 Å². The first-order valence-electron chi connectivity index (χ1n) is 21.3. The number of carbonyl (C=O) groups excluding carboxylic acids is 4. The number of hydrogen-bond donors (Lipinski definition) is 3. The molecule has 2 bridgehead atoms. The average molecular weight is 837 g/mol. The van der Waals surface area contributed by atoms with Crippen molar-refractivity contribution in [2.45, 2.75) is 144 Å². The zero-order chi connectivity index (χ0) is 41.7. The fourth-order valence-corrected chi connectivity index (χ4v) is 11.0. The predicted octanol–water partition coefficient (Wildman–Crippen LogP) is 3.84. The Hall–Kier alpha value is -4.67. The van der Waals surface area contributed by atoms with Crippen molar-refractivity contribution in [3.63, 3.8) is 0 Å². The van der Waals surface area contributed by atoms with E-state index in [1.54, 1.807) is 25.1 Å². The molecule has 59 heavy (non-hydrogen) atoms. The molecule has 4 saturated carbocycles. The molecule has 4 amide bonds. The van der Waals surface area contributed by atoms with Gasteiger partial charge in [-0.3, -0.25) is 28.5 Å². The highest BCUT2D eigenvalue weighted by molar-refractivity contribution is 7.91. The summed E-state index contributed by atoms with van der Waals surface area (Å²) in [6.45, 7) is 5.61. The molecule has 6 aliphatic rings. The van der Waals surface area contributed by atoms with Crippen LogP contribution < -0.4 is 30.4 Å². The monoisotopic (exact) mass is 836 g/mol. The number of hydrogen-bond acceptors (Lipinski definition) is 11. The van der Waals surface area contributed by atoms with E-state index in [9.17, 15) is 32.4 Å². The van der Waals surface area contributed by atoms with Gasteiger partial charge in [0.1, 0.15) is 35.6 Å². The number of fused-ring (bicyclic) bond motifs is 5. The number of benzene rings is 1. The van der Waals surface area contributed by atoms with Gasteiger partial charge in [0.05, 0.1) is 29.3 Å². The van der Waals surface area contributed by atoms with Crippen LogP contribution in [0.1, 0.15) is 103 Å². The normalized spacial score (nSPS) is 31.1. The molecular formula is C42H56N6O10S. The number of amides is 4. The van der Waals surface area contributed by atoms with E-state index in [-0.39, 0.29) is 48.9 Å². The van der Waals surface area contributed by atoms with Gasteiger partial charge in [-0.15, -0.1) is 6.58 Å². The molecule has 3 heterocycles. The molecule has 16 nitrogen and oxygen atoms in total. The van der Waals surface area contributed by atoms with E-state index < -0.39 is 68.2 Å². The van der Waals surface area contributed by atoms with E-state index in [2.05, 4.69) is 21.9 Å². The molecule has 4 aliphatic carbocycles. The Bertz CT molecular complexity index is 2180. The Morgan fingerprint density at radius 3 is 2.44 bits per heavy atom. The van der Waals surface area contributed by atoms with Crippen LogP contribution in [0.15, 0.2) is 35.6 Å². The van der Waals surface area contributed by atoms with Gasteiger partial charge in [0.25, 0.3) is 17.5 Å². The number of carbonyl (C=O) groups is 4. The zero-order valence-electron chi connectivity index (χ0n) is 33.9. The lowest BCUT2D eigenvalue weighted by molar-refractivity contribution is -0.142. The second-order valence-electron chi connectivity index (χ2n) is 17.8. The number of nitrogens with one attached hydrogen (secondary N) is 3. The summed E-state index contributed by atoms with van der Waals surface area (Å²) in [5, 5.41) is 6.15. The summed E-state index contributed by atoms with van der Waals surface area (Å²) >= 11 is 0. The van der Waals surface area contributed by atoms with Crippen molar-refractivity contribution in [2.24, 2.45) is 17.8 Å². The summed E-state index contributed by atoms with van der Waals surface area (Å²) in [7, 11) is -2.50. The Balaban J connectivity index is 1.14. The largest absolute Gasteiger partial charge is 0.497 e. The van der Waals surface area contributed by atoms with Crippen molar-refractivity contribution in [1.29, 1.82) is 0 Å². The van der Waals surface area contributed by atoms with E-state index in [1.807, 2.05) is 0 Å². The molecule has 2 aliphatic heterocycles. The minimum atomic E-state index is -4.02. The molecule has 3 N–H and O–H groups in total. The second kappa shape index (κ2) is 16.1. The van der Waals surface area contributed by atoms with Gasteiger partial charge in [-0.05, 0) is 95.1 Å². The molecule has 0 radical (unpaired) electrons. The third-order valence-corrected chi connectivity index (χ3v) is 16.0. The van der Waals surface area contributed by atoms with Crippen molar-refractivity contribution in [1.82, 2.24) is 29.8 Å². The second-order valence-corrected chi connectivity index (χ2v) is 20.0. The molecule has 1 aromatic carbocycles. The van der Waals surface area contributed by atoms with Crippen molar-refractivity contribution < 1.29 is 41.8 Å². The smallest absolute Gasteiger partial charge is 0.408 e. The van der Waals surface area contributed by atoms with Crippen LogP contribution in [0.25, 0.3) is 10.9 Å². The lowest BCUT2D eigenvalue weighted by atomic mass is 9.96. The van der Waals surface area contributed by atoms with E-state index in [0.717, 1.165) is 51.4 Å². The van der Waals surface area contributed by atoms with Gasteiger partial charge < -0.3 is 29.7 Å². The van der Waals surface area contributed by atoms with Crippen molar-refractivity contribution >= 4 is 44.7 Å². The highest BCUT2D eigenvalue weighted by atomic mass is 32.2. The van der Waals surface area contributed by atoms with Gasteiger partial charge in [-0.25, -0.2) is 13.2 Å². The quantitative estimate of drug-likeness (QED) is 0.326. The van der Waals surface area contributed by atoms with Crippen LogP contribution >= 0.6 is 0 Å². The Labute approximate surface area is 344 Å². The summed E-state index contributed by atoms with van der Waals surface area (Å²) < 4.78 is 46.9. The lowest BCUT2D eigenvalue weighted by Crippen LogP contribution is -2.59. The average Bonchev–Trinajstić information content (AvgIpc) is 3.83. The SMILES string of the molecule is C=C[C@@H]1C[C@]1(NC(=O)[C@@H]1C[C@@H]2CN1C(=O)[C@H](C1CCCC1)NC(=O)O[C@@H]1CCC[C@H]1CCCCCn1c(nc3cc(OC)ccc3c1=O)O2)C(=O)NS(=O)(=O)C1(C)CC1. The van der Waals surface area contributed by atoms with Gasteiger partial charge in [0.15, 0.2) is 0 Å². The van der Waals surface area contributed by atoms with Gasteiger partial charge in [-0.2, -0.15) is 4.98 Å². The highest BCUT2D eigenvalue weighted by Gasteiger charge is 2.63. The highest BCUT2D eigenvalue weighted by Crippen LogP contribution is 2.47. The standard InChI is InChI=1S/C42H56N6O10S/c1-4-27-23-42(27,38(52)46-59(54,55)41(2)18-19-41)45-35(49)32-22-29-24-48(32)37(51)34(26-12-7-8-13-26)44-40(53)58-33-15-10-14-25(33)11-6-5-9-20-47-36(50)30-17-16-28(56-3)21-31(30)43-39(47)57-29/h4,16-17,21,25-27,29,32-34H,1,5-15,18-20,22-24H2,2-3H3,(H,44,53)(H,45,49)(H,46,52)/t25-,27-,29-,32+,33-,34+,42-/m1/s1. The number of methoxy groups -OCH3 is 1. The van der Waals surface area contributed by atoms with Crippen LogP contribution in [-0.4, -0.2) is 94.9 Å². The molecule has 5 fully saturated rings. The fraction of sp³-hybridized carbons (Fsp3) is 0.667. The maximum absolute atomic E-state index is 14.9. The molecule has 1 aromatic heterocycles. The number of ether oxygens (including phenoxy) is 3. The minimum absolute atomic E-state index is 0.0397. The van der Waals surface area contributed by atoms with Crippen LogP contribution in [0.5, 0.6) is 11.8 Å². The van der Waals surface area contributed by atoms with Crippen LogP contribution in [0.2, 0.25) is 0 Å². The maximum Gasteiger partial charge on any atom is 0.408 e. The Morgan fingerprint density at radius 1 is 1.00 bits per heavy atom. The molecule has 1 saturated heterocycles. The van der Waals surface area contributed by atoms with Gasteiger partial charge in [-0.1, -0.05) is 31.8 Å². The van der Waals surface area contributed by atoms with Gasteiger partial charge >= 0.3 is 6.09 Å². The molecule has 17 heteroatoms. The summed E-state index contributed by atoms with van der Waals surface area (Å²) in [5.41, 5.74) is -1.52. The van der Waals surface area contributed by atoms with E-state index in [1.165, 1.54) is 22.7 Å². The summed E-state index contributed by atoms with van der Waals surface area (Å²) in [5.74, 6) is -2.09. The molecule has 320 valence electrons. The Kier molecular flexibility index (Phi) is 11.2. The van der Waals surface area contributed by atoms with Crippen LogP contribution in [0.3, 0.4) is 0 Å². The molecule has 0 spiro atoms. The molecule has 0 unspecified atom stereocenters. The number of alkyl carbamates (subject to hydrolysis) is 1. The summed E-state index contributed by atoms with van der Waals surface area (Å²) in [6.07, 6.45) is 9.62. The predicted molar refractivity (Wildman–Crippen MR) is 216 cm³/mol. The zero-order valence-corrected chi connectivity index (χ0v) is 34.7. The van der Waals surface area contributed by atoms with Gasteiger partial charge in [0.2, 0.25) is 21.8 Å². The minimum Gasteiger partial charge on any atom is -0.497 e. The van der Waals surface area contributed by atoms with E-state index >= 15 is 0 Å². The maximum atomic E-state index is 14.9. The number of sulfonamides is 1. The van der Waals surface area contributed by atoms with E-state index in [4.69, 9.17) is 19.2 Å². The first kappa shape index (κ1) is 41.1. The van der Waals surface area contributed by atoms with Crippen LogP contribution in [0.4, 0.5) is 4.79 Å². The number of rotatable bonds is 8. The van der Waals surface area contributed by atoms with Crippen LogP contribution in [0, 0.1) is 17.8 Å². The van der Waals surface area contributed by atoms with Crippen LogP contribution in [-0.2, 0) is 35.7 Å². The number of aromatic nitrogens is 2. The summed E-state index contributed by atoms with van der Waals surface area (Å²) in [4.78, 5) is 77.2. The lowest BCUT2D eigenvalue weighted by Gasteiger charge is -2.32. The summed E-state index contributed by atoms with van der Waals surface area (Å²) in [6, 6.07) is 2.89. The molecule has 7 atom stereocenters. The topological polar surface area (TPSA) is 204 Å². The first-order valence-corrected chi connectivity index (χ1v) is 22.8. The van der Waals surface area contributed by atoms with Crippen molar-refractivity contribution in [3.8, 4) is 11.8 Å². The van der Waals surface area contributed by atoms with Gasteiger partial charge in [0, 0.05) is 24.9 Å². The van der Waals surface area contributed by atoms with Crippen molar-refractivity contribution in [2.75, 3.05) is 13.7 Å². The molecule has 2 aromatic rings. The third-order valence-electron chi connectivity index (χ3n) is 13.8.